The van der Waals surface area contributed by atoms with Gasteiger partial charge in [-0.15, -0.1) is 0 Å². The number of furan rings is 1. The Bertz CT molecular complexity index is 1140. The van der Waals surface area contributed by atoms with E-state index in [1.807, 2.05) is 42.5 Å². The summed E-state index contributed by atoms with van der Waals surface area (Å²) in [6, 6.07) is 24.2. The summed E-state index contributed by atoms with van der Waals surface area (Å²) in [6.07, 6.45) is 0. The Morgan fingerprint density at radius 2 is 1.59 bits per heavy atom. The van der Waals surface area contributed by atoms with Crippen molar-refractivity contribution in [2.75, 3.05) is 5.32 Å². The van der Waals surface area contributed by atoms with Crippen LogP contribution < -0.4 is 10.1 Å². The fourth-order valence-electron chi connectivity index (χ4n) is 2.72. The molecule has 0 aliphatic carbocycles. The van der Waals surface area contributed by atoms with Crippen LogP contribution in [0.4, 0.5) is 10.5 Å². The summed E-state index contributed by atoms with van der Waals surface area (Å²) >= 11 is 4.03. The van der Waals surface area contributed by atoms with E-state index in [0.717, 1.165) is 5.39 Å². The molecule has 0 saturated carbocycles. The van der Waals surface area contributed by atoms with Gasteiger partial charge in [0.2, 0.25) is 0 Å². The number of thiol groups is 1. The minimum Gasteiger partial charge on any atom is -0.457 e. The highest BCUT2D eigenvalue weighted by atomic mass is 32.1. The maximum absolute atomic E-state index is 12.5. The number of carbonyl (C=O) groups is 2. The second kappa shape index (κ2) is 8.12. The molecule has 6 nitrogen and oxygen atoms in total. The normalized spacial score (nSPS) is 10.5. The molecule has 0 bridgehead atoms. The van der Waals surface area contributed by atoms with Gasteiger partial charge in [-0.25, -0.2) is 9.10 Å². The van der Waals surface area contributed by atoms with Crippen LogP contribution in [0.5, 0.6) is 11.5 Å². The van der Waals surface area contributed by atoms with Crippen LogP contribution in [0, 0.1) is 0 Å². The second-order valence-corrected chi connectivity index (χ2v) is 6.54. The standard InChI is InChI=1S/C22H16N2O4S/c25-21(20-13-15-7-4-5-12-19(15)28-20)24(29)22(26)23-16-8-6-11-18(14-16)27-17-9-2-1-3-10-17/h1-14,29H,(H,23,26). The molecule has 0 saturated heterocycles. The third-order valence-corrected chi connectivity index (χ3v) is 4.45. The maximum Gasteiger partial charge on any atom is 0.339 e. The van der Waals surface area contributed by atoms with Crippen LogP contribution in [-0.2, 0) is 0 Å². The predicted octanol–water partition coefficient (Wildman–Crippen LogP) is 5.74. The van der Waals surface area contributed by atoms with E-state index in [9.17, 15) is 9.59 Å². The molecule has 29 heavy (non-hydrogen) atoms. The van der Waals surface area contributed by atoms with Gasteiger partial charge in [-0.05, 0) is 36.4 Å². The first-order chi connectivity index (χ1) is 14.1. The number of amides is 3. The van der Waals surface area contributed by atoms with Gasteiger partial charge in [0, 0.05) is 17.1 Å². The van der Waals surface area contributed by atoms with E-state index in [1.165, 1.54) is 0 Å². The van der Waals surface area contributed by atoms with Gasteiger partial charge >= 0.3 is 11.9 Å². The van der Waals surface area contributed by atoms with Gasteiger partial charge in [0.15, 0.2) is 5.76 Å². The molecule has 1 N–H and O–H groups in total. The topological polar surface area (TPSA) is 71.8 Å². The van der Waals surface area contributed by atoms with Crippen LogP contribution in [0.15, 0.2) is 89.3 Å². The summed E-state index contributed by atoms with van der Waals surface area (Å²) in [4.78, 5) is 25.0. The summed E-state index contributed by atoms with van der Waals surface area (Å²) in [5, 5.41) is 3.39. The van der Waals surface area contributed by atoms with Crippen molar-refractivity contribution in [3.63, 3.8) is 0 Å². The minimum absolute atomic E-state index is 0.0255. The van der Waals surface area contributed by atoms with Crippen molar-refractivity contribution in [3.05, 3.63) is 90.7 Å². The van der Waals surface area contributed by atoms with Crippen molar-refractivity contribution < 1.29 is 18.7 Å². The number of ether oxygens (including phenoxy) is 1. The molecular formula is C22H16N2O4S. The number of benzene rings is 3. The maximum atomic E-state index is 12.5. The fourth-order valence-corrected chi connectivity index (χ4v) is 2.87. The monoisotopic (exact) mass is 404 g/mol. The second-order valence-electron chi connectivity index (χ2n) is 6.14. The molecule has 0 radical (unpaired) electrons. The van der Waals surface area contributed by atoms with Crippen molar-refractivity contribution in [3.8, 4) is 11.5 Å². The van der Waals surface area contributed by atoms with Crippen LogP contribution in [0.3, 0.4) is 0 Å². The summed E-state index contributed by atoms with van der Waals surface area (Å²) in [5.74, 6) is 0.575. The van der Waals surface area contributed by atoms with E-state index >= 15 is 0 Å². The van der Waals surface area contributed by atoms with Gasteiger partial charge in [-0.3, -0.25) is 4.79 Å². The summed E-state index contributed by atoms with van der Waals surface area (Å²) in [7, 11) is 0. The van der Waals surface area contributed by atoms with E-state index in [-0.39, 0.29) is 5.76 Å². The lowest BCUT2D eigenvalue weighted by Crippen LogP contribution is -2.32. The lowest BCUT2D eigenvalue weighted by atomic mass is 10.2. The zero-order valence-corrected chi connectivity index (χ0v) is 16.0. The van der Waals surface area contributed by atoms with E-state index in [0.29, 0.717) is 27.1 Å². The molecule has 144 valence electrons. The van der Waals surface area contributed by atoms with Crippen molar-refractivity contribution in [1.29, 1.82) is 0 Å². The average molecular weight is 404 g/mol. The van der Waals surface area contributed by atoms with E-state index in [1.54, 1.807) is 42.5 Å². The highest BCUT2D eigenvalue weighted by molar-refractivity contribution is 7.79. The first kappa shape index (κ1) is 18.6. The molecule has 1 heterocycles. The van der Waals surface area contributed by atoms with Crippen LogP contribution in [0.1, 0.15) is 10.6 Å². The molecule has 1 aromatic heterocycles. The number of fused-ring (bicyclic) bond motifs is 1. The van der Waals surface area contributed by atoms with Crippen LogP contribution in [-0.4, -0.2) is 16.2 Å². The van der Waals surface area contributed by atoms with Crippen molar-refractivity contribution >= 4 is 41.4 Å². The number of urea groups is 1. The SMILES string of the molecule is O=C(Nc1cccc(Oc2ccccc2)c1)N(S)C(=O)c1cc2ccccc2o1. The summed E-state index contributed by atoms with van der Waals surface area (Å²) in [5.41, 5.74) is 1.02. The quantitative estimate of drug-likeness (QED) is 0.425. The number of nitrogens with one attached hydrogen (secondary N) is 1. The Morgan fingerprint density at radius 1 is 0.862 bits per heavy atom. The summed E-state index contributed by atoms with van der Waals surface area (Å²) in [6.45, 7) is 0. The number of anilines is 1. The van der Waals surface area contributed by atoms with Crippen LogP contribution >= 0.6 is 12.8 Å². The Hall–Kier alpha value is -3.71. The number of para-hydroxylation sites is 2. The third kappa shape index (κ3) is 4.25. The fraction of sp³-hybridized carbons (Fsp3) is 0. The molecule has 0 unspecified atom stereocenters. The van der Waals surface area contributed by atoms with Gasteiger partial charge < -0.3 is 14.5 Å². The molecular weight excluding hydrogens is 388 g/mol. The molecule has 0 aliphatic heterocycles. The number of hydrogen-bond donors (Lipinski definition) is 2. The minimum atomic E-state index is -0.712. The molecule has 3 amide bonds. The van der Waals surface area contributed by atoms with E-state index in [4.69, 9.17) is 9.15 Å². The lowest BCUT2D eigenvalue weighted by molar-refractivity contribution is 0.0875. The van der Waals surface area contributed by atoms with E-state index in [2.05, 4.69) is 18.1 Å². The molecule has 0 atom stereocenters. The Labute approximate surface area is 172 Å². The Kier molecular flexibility index (Phi) is 5.22. The first-order valence-electron chi connectivity index (χ1n) is 8.76. The molecule has 4 aromatic rings. The van der Waals surface area contributed by atoms with Crippen LogP contribution in [0.25, 0.3) is 11.0 Å². The lowest BCUT2D eigenvalue weighted by Gasteiger charge is -2.14. The van der Waals surface area contributed by atoms with Gasteiger partial charge in [-0.2, -0.15) is 0 Å². The van der Waals surface area contributed by atoms with Crippen molar-refractivity contribution in [2.45, 2.75) is 0 Å². The molecule has 0 aliphatic rings. The third-order valence-electron chi connectivity index (χ3n) is 4.09. The molecule has 4 rings (SSSR count). The molecule has 0 spiro atoms. The summed E-state index contributed by atoms with van der Waals surface area (Å²) < 4.78 is 11.9. The largest absolute Gasteiger partial charge is 0.457 e. The van der Waals surface area contributed by atoms with Gasteiger partial charge in [0.05, 0.1) is 0 Å². The average Bonchev–Trinajstić information content (AvgIpc) is 3.18. The number of rotatable bonds is 4. The van der Waals surface area contributed by atoms with Gasteiger partial charge in [-0.1, -0.05) is 55.3 Å². The zero-order chi connectivity index (χ0) is 20.2. The number of hydrogen-bond acceptors (Lipinski definition) is 5. The van der Waals surface area contributed by atoms with Crippen molar-refractivity contribution in [1.82, 2.24) is 4.31 Å². The number of carbonyl (C=O) groups excluding carboxylic acids is 2. The first-order valence-corrected chi connectivity index (χ1v) is 9.16. The smallest absolute Gasteiger partial charge is 0.339 e. The highest BCUT2D eigenvalue weighted by Gasteiger charge is 2.23. The zero-order valence-electron chi connectivity index (χ0n) is 15.1. The highest BCUT2D eigenvalue weighted by Crippen LogP contribution is 2.25. The Morgan fingerprint density at radius 3 is 2.38 bits per heavy atom. The van der Waals surface area contributed by atoms with Crippen LogP contribution in [0.2, 0.25) is 0 Å². The molecule has 0 fully saturated rings. The molecule has 3 aromatic carbocycles. The molecule has 7 heteroatoms. The number of imide groups is 1. The number of nitrogens with zero attached hydrogens (tertiary/aromatic N) is 1. The van der Waals surface area contributed by atoms with Gasteiger partial charge in [0.25, 0.3) is 0 Å². The predicted molar refractivity (Wildman–Crippen MR) is 113 cm³/mol. The van der Waals surface area contributed by atoms with Gasteiger partial charge in [0.1, 0.15) is 17.1 Å². The van der Waals surface area contributed by atoms with E-state index < -0.39 is 11.9 Å². The van der Waals surface area contributed by atoms with Crippen molar-refractivity contribution in [2.24, 2.45) is 0 Å². The Balaban J connectivity index is 1.45.